The smallest absolute Gasteiger partial charge is 0.366 e. The number of benzene rings is 2. The van der Waals surface area contributed by atoms with Crippen LogP contribution in [0.4, 0.5) is 4.39 Å². The van der Waals surface area contributed by atoms with Crippen LogP contribution in [0.2, 0.25) is 0 Å². The molecule has 0 saturated heterocycles. The number of aromatic nitrogens is 1. The van der Waals surface area contributed by atoms with Gasteiger partial charge in [0.2, 0.25) is 0 Å². The maximum Gasteiger partial charge on any atom is 0.366 e. The number of para-hydroxylation sites is 1. The molecule has 5 nitrogen and oxygen atoms in total. The van der Waals surface area contributed by atoms with Gasteiger partial charge in [-0.15, -0.1) is 0 Å². The molecule has 0 fully saturated rings. The van der Waals surface area contributed by atoms with Crippen LogP contribution in [0.15, 0.2) is 66.9 Å². The van der Waals surface area contributed by atoms with Crippen molar-refractivity contribution in [2.75, 3.05) is 7.11 Å². The van der Waals surface area contributed by atoms with E-state index in [-0.39, 0.29) is 18.2 Å². The zero-order valence-corrected chi connectivity index (χ0v) is 19.2. The first-order valence-corrected chi connectivity index (χ1v) is 11.0. The number of carbonyl (C=O) groups is 1. The van der Waals surface area contributed by atoms with Crippen LogP contribution in [0, 0.1) is 5.82 Å². The second-order valence-corrected chi connectivity index (χ2v) is 8.31. The van der Waals surface area contributed by atoms with E-state index in [9.17, 15) is 19.4 Å². The first-order valence-electron chi connectivity index (χ1n) is 11.0. The zero-order valence-electron chi connectivity index (χ0n) is 19.2. The van der Waals surface area contributed by atoms with Crippen molar-refractivity contribution in [2.24, 2.45) is 0 Å². The van der Waals surface area contributed by atoms with Gasteiger partial charge in [-0.25, -0.2) is 9.18 Å². The lowest BCUT2D eigenvalue weighted by molar-refractivity contribution is -0.208. The third-order valence-corrected chi connectivity index (χ3v) is 5.51. The molecule has 0 bridgehead atoms. The Labute approximate surface area is 193 Å². The summed E-state index contributed by atoms with van der Waals surface area (Å²) < 4.78 is 20.1. The van der Waals surface area contributed by atoms with Gasteiger partial charge in [0, 0.05) is 35.1 Å². The van der Waals surface area contributed by atoms with Gasteiger partial charge in [-0.3, -0.25) is 0 Å². The second kappa shape index (κ2) is 10.6. The van der Waals surface area contributed by atoms with Crippen LogP contribution in [0.3, 0.4) is 0 Å². The van der Waals surface area contributed by atoms with Crippen LogP contribution in [0.1, 0.15) is 50.3 Å². The number of halogens is 1. The van der Waals surface area contributed by atoms with E-state index in [1.54, 1.807) is 12.1 Å². The van der Waals surface area contributed by atoms with Gasteiger partial charge in [0.05, 0.1) is 7.11 Å². The molecule has 2 aromatic carbocycles. The number of ether oxygens (including phenoxy) is 1. The van der Waals surface area contributed by atoms with E-state index in [4.69, 9.17) is 0 Å². The summed E-state index contributed by atoms with van der Waals surface area (Å²) in [4.78, 5) is 11.4. The molecule has 0 aliphatic rings. The van der Waals surface area contributed by atoms with Crippen molar-refractivity contribution in [1.82, 2.24) is 4.57 Å². The largest absolute Gasteiger partial charge is 0.465 e. The van der Waals surface area contributed by atoms with Crippen molar-refractivity contribution < 1.29 is 24.1 Å². The molecule has 0 saturated carbocycles. The van der Waals surface area contributed by atoms with Crippen LogP contribution >= 0.6 is 0 Å². The average Bonchev–Trinajstić information content (AvgIpc) is 3.19. The minimum absolute atomic E-state index is 0.128. The predicted octanol–water partition coefficient (Wildman–Crippen LogP) is 5.44. The fourth-order valence-corrected chi connectivity index (χ4v) is 3.90. The number of nitrogens with zero attached hydrogens (tertiary/aromatic N) is 1. The summed E-state index contributed by atoms with van der Waals surface area (Å²) in [5.41, 5.74) is 5.06. The molecule has 0 aliphatic heterocycles. The third-order valence-electron chi connectivity index (χ3n) is 5.51. The minimum Gasteiger partial charge on any atom is -0.465 e. The Morgan fingerprint density at radius 1 is 1.12 bits per heavy atom. The van der Waals surface area contributed by atoms with Gasteiger partial charge < -0.3 is 19.5 Å². The fourth-order valence-electron chi connectivity index (χ4n) is 3.90. The summed E-state index contributed by atoms with van der Waals surface area (Å²) in [5, 5.41) is 19.6. The van der Waals surface area contributed by atoms with E-state index in [1.165, 1.54) is 12.1 Å². The number of methoxy groups -OCH3 is 1. The first-order chi connectivity index (χ1) is 15.7. The van der Waals surface area contributed by atoms with Crippen molar-refractivity contribution in [3.63, 3.8) is 0 Å². The summed E-state index contributed by atoms with van der Waals surface area (Å²) in [6.07, 6.45) is 6.84. The molecule has 0 amide bonds. The van der Waals surface area contributed by atoms with Crippen LogP contribution in [-0.4, -0.2) is 33.6 Å². The van der Waals surface area contributed by atoms with Crippen molar-refractivity contribution in [2.45, 2.75) is 44.8 Å². The summed E-state index contributed by atoms with van der Waals surface area (Å²) >= 11 is 0. The molecule has 174 valence electrons. The van der Waals surface area contributed by atoms with E-state index in [0.717, 1.165) is 35.2 Å². The number of esters is 1. The average molecular weight is 452 g/mol. The van der Waals surface area contributed by atoms with Crippen molar-refractivity contribution in [3.05, 3.63) is 83.9 Å². The maximum absolute atomic E-state index is 13.6. The standard InChI is InChI=1S/C27H30FNO4/c1-19(2)25-23(12-8-5-9-17-27(31,32)26(30)33-3)24(20-13-15-21(28)16-14-20)18-29(25)22-10-6-4-7-11-22/h4,6-8,10-16,18-19,31-32H,5,9,17H2,1-3H3/b12-8+. The van der Waals surface area contributed by atoms with E-state index >= 15 is 0 Å². The van der Waals surface area contributed by atoms with E-state index < -0.39 is 11.8 Å². The monoisotopic (exact) mass is 451 g/mol. The molecule has 0 unspecified atom stereocenters. The number of hydrogen-bond donors (Lipinski definition) is 2. The molecule has 0 aliphatic carbocycles. The zero-order chi connectivity index (χ0) is 24.0. The number of unbranched alkanes of at least 4 members (excludes halogenated alkanes) is 1. The number of aliphatic hydroxyl groups is 2. The highest BCUT2D eigenvalue weighted by Crippen LogP contribution is 2.35. The third kappa shape index (κ3) is 5.78. The molecular weight excluding hydrogens is 421 g/mol. The van der Waals surface area contributed by atoms with Gasteiger partial charge in [-0.1, -0.05) is 56.3 Å². The summed E-state index contributed by atoms with van der Waals surface area (Å²) in [7, 11) is 1.12. The van der Waals surface area contributed by atoms with Crippen LogP contribution in [0.25, 0.3) is 22.9 Å². The molecule has 0 radical (unpaired) electrons. The molecule has 0 atom stereocenters. The summed E-state index contributed by atoms with van der Waals surface area (Å²) in [6.45, 7) is 4.26. The quantitative estimate of drug-likeness (QED) is 0.258. The van der Waals surface area contributed by atoms with Crippen LogP contribution < -0.4 is 0 Å². The summed E-state index contributed by atoms with van der Waals surface area (Å²) in [6, 6.07) is 16.5. The minimum atomic E-state index is -2.48. The highest BCUT2D eigenvalue weighted by atomic mass is 19.1. The number of allylic oxidation sites excluding steroid dienone is 1. The number of carbonyl (C=O) groups excluding carboxylic acids is 1. The summed E-state index contributed by atoms with van der Waals surface area (Å²) in [5.74, 6) is -3.63. The molecule has 2 N–H and O–H groups in total. The van der Waals surface area contributed by atoms with E-state index in [2.05, 4.69) is 29.3 Å². The van der Waals surface area contributed by atoms with Crippen molar-refractivity contribution >= 4 is 12.0 Å². The number of rotatable bonds is 9. The number of hydrogen-bond acceptors (Lipinski definition) is 4. The molecule has 6 heteroatoms. The molecule has 3 aromatic rings. The predicted molar refractivity (Wildman–Crippen MR) is 127 cm³/mol. The van der Waals surface area contributed by atoms with Gasteiger partial charge in [0.1, 0.15) is 5.82 Å². The van der Waals surface area contributed by atoms with E-state index in [1.807, 2.05) is 42.5 Å². The first kappa shape index (κ1) is 24.4. The Bertz CT molecular complexity index is 1100. The second-order valence-electron chi connectivity index (χ2n) is 8.31. The Morgan fingerprint density at radius 2 is 1.79 bits per heavy atom. The Kier molecular flexibility index (Phi) is 7.84. The topological polar surface area (TPSA) is 71.7 Å². The molecule has 33 heavy (non-hydrogen) atoms. The normalized spacial score (nSPS) is 12.0. The van der Waals surface area contributed by atoms with Crippen molar-refractivity contribution in [3.8, 4) is 16.8 Å². The van der Waals surface area contributed by atoms with E-state index in [0.29, 0.717) is 12.8 Å². The fraction of sp³-hybridized carbons (Fsp3) is 0.296. The lowest BCUT2D eigenvalue weighted by Gasteiger charge is -2.17. The van der Waals surface area contributed by atoms with Crippen molar-refractivity contribution in [1.29, 1.82) is 0 Å². The van der Waals surface area contributed by atoms with Crippen LogP contribution in [0.5, 0.6) is 0 Å². The molecule has 3 rings (SSSR count). The molecular formula is C27H30FNO4. The maximum atomic E-state index is 13.6. The van der Waals surface area contributed by atoms with Gasteiger partial charge >= 0.3 is 5.97 Å². The SMILES string of the molecule is COC(=O)C(O)(O)CCC/C=C/c1c(-c2ccc(F)cc2)cn(-c2ccccc2)c1C(C)C. The molecule has 1 heterocycles. The van der Waals surface area contributed by atoms with Crippen LogP contribution in [-0.2, 0) is 9.53 Å². The van der Waals surface area contributed by atoms with Gasteiger partial charge in [0.25, 0.3) is 5.79 Å². The Balaban J connectivity index is 1.96. The Hall–Kier alpha value is -3.22. The highest BCUT2D eigenvalue weighted by molar-refractivity contribution is 5.78. The van der Waals surface area contributed by atoms with Gasteiger partial charge in [0.15, 0.2) is 0 Å². The van der Waals surface area contributed by atoms with Gasteiger partial charge in [-0.2, -0.15) is 0 Å². The molecule has 1 aromatic heterocycles. The lowest BCUT2D eigenvalue weighted by atomic mass is 9.97. The molecule has 0 spiro atoms. The van der Waals surface area contributed by atoms with Gasteiger partial charge in [-0.05, 0) is 48.6 Å². The lowest BCUT2D eigenvalue weighted by Crippen LogP contribution is -2.39. The highest BCUT2D eigenvalue weighted by Gasteiger charge is 2.33. The Morgan fingerprint density at radius 3 is 2.39 bits per heavy atom.